The standard InChI is InChI=1S/C10H8O2/c1-2-9-8(3-4-11-9)5-7(1)10-6-12-10/h1-5,10H,6H2/t10-/m1/s1. The quantitative estimate of drug-likeness (QED) is 0.599. The fraction of sp³-hybridized carbons (Fsp3) is 0.200. The zero-order valence-electron chi connectivity index (χ0n) is 6.49. The van der Waals surface area contributed by atoms with Crippen molar-refractivity contribution in [2.45, 2.75) is 6.10 Å². The lowest BCUT2D eigenvalue weighted by molar-refractivity contribution is 0.416. The first kappa shape index (κ1) is 6.26. The Morgan fingerprint density at radius 1 is 1.25 bits per heavy atom. The molecule has 0 aliphatic carbocycles. The highest BCUT2D eigenvalue weighted by Crippen LogP contribution is 2.31. The van der Waals surface area contributed by atoms with Gasteiger partial charge in [-0.2, -0.15) is 0 Å². The van der Waals surface area contributed by atoms with Gasteiger partial charge in [0.2, 0.25) is 0 Å². The van der Waals surface area contributed by atoms with E-state index in [0.29, 0.717) is 6.10 Å². The van der Waals surface area contributed by atoms with E-state index in [4.69, 9.17) is 9.15 Å². The molecule has 1 aliphatic heterocycles. The number of hydrogen-bond donors (Lipinski definition) is 0. The van der Waals surface area contributed by atoms with Crippen LogP contribution in [-0.2, 0) is 4.74 Å². The Hall–Kier alpha value is -1.28. The molecule has 0 spiro atoms. The average Bonchev–Trinajstić information content (AvgIpc) is 2.84. The summed E-state index contributed by atoms with van der Waals surface area (Å²) in [5.41, 5.74) is 2.20. The lowest BCUT2D eigenvalue weighted by Crippen LogP contribution is -1.77. The maximum atomic E-state index is 5.23. The number of rotatable bonds is 1. The Bertz CT molecular complexity index is 412. The summed E-state index contributed by atoms with van der Waals surface area (Å²) in [5.74, 6) is 0. The van der Waals surface area contributed by atoms with Crippen molar-refractivity contribution < 1.29 is 9.15 Å². The summed E-state index contributed by atoms with van der Waals surface area (Å²) in [5, 5.41) is 1.16. The Balaban J connectivity index is 2.21. The van der Waals surface area contributed by atoms with Crippen LogP contribution in [0.4, 0.5) is 0 Å². The number of benzene rings is 1. The van der Waals surface area contributed by atoms with E-state index in [2.05, 4.69) is 12.1 Å². The number of epoxide rings is 1. The topological polar surface area (TPSA) is 25.7 Å². The van der Waals surface area contributed by atoms with E-state index >= 15 is 0 Å². The lowest BCUT2D eigenvalue weighted by atomic mass is 10.1. The van der Waals surface area contributed by atoms with Crippen LogP contribution in [0.2, 0.25) is 0 Å². The van der Waals surface area contributed by atoms with Gasteiger partial charge in [0.15, 0.2) is 0 Å². The van der Waals surface area contributed by atoms with Gasteiger partial charge >= 0.3 is 0 Å². The van der Waals surface area contributed by atoms with Crippen LogP contribution in [0, 0.1) is 0 Å². The first-order valence-electron chi connectivity index (χ1n) is 4.02. The molecule has 0 radical (unpaired) electrons. The van der Waals surface area contributed by atoms with E-state index < -0.39 is 0 Å². The predicted molar refractivity (Wildman–Crippen MR) is 44.9 cm³/mol. The van der Waals surface area contributed by atoms with Crippen LogP contribution in [0.3, 0.4) is 0 Å². The van der Waals surface area contributed by atoms with Crippen molar-refractivity contribution in [3.8, 4) is 0 Å². The van der Waals surface area contributed by atoms with E-state index in [9.17, 15) is 0 Å². The zero-order chi connectivity index (χ0) is 7.97. The molecule has 1 aromatic carbocycles. The van der Waals surface area contributed by atoms with Crippen LogP contribution in [0.25, 0.3) is 11.0 Å². The van der Waals surface area contributed by atoms with Gasteiger partial charge in [0.05, 0.1) is 12.9 Å². The highest BCUT2D eigenvalue weighted by molar-refractivity contribution is 5.77. The molecule has 3 rings (SSSR count). The van der Waals surface area contributed by atoms with Crippen molar-refractivity contribution in [2.24, 2.45) is 0 Å². The molecule has 0 unspecified atom stereocenters. The molecule has 0 saturated carbocycles. The van der Waals surface area contributed by atoms with E-state index in [1.54, 1.807) is 6.26 Å². The lowest BCUT2D eigenvalue weighted by Gasteiger charge is -1.93. The van der Waals surface area contributed by atoms with Crippen molar-refractivity contribution in [3.63, 3.8) is 0 Å². The van der Waals surface area contributed by atoms with Gasteiger partial charge in [-0.3, -0.25) is 0 Å². The summed E-state index contributed by atoms with van der Waals surface area (Å²) in [6.45, 7) is 0.864. The highest BCUT2D eigenvalue weighted by Gasteiger charge is 2.24. The fourth-order valence-corrected chi connectivity index (χ4v) is 1.43. The Morgan fingerprint density at radius 3 is 3.00 bits per heavy atom. The minimum Gasteiger partial charge on any atom is -0.464 e. The summed E-state index contributed by atoms with van der Waals surface area (Å²) in [6, 6.07) is 8.15. The third kappa shape index (κ3) is 0.850. The van der Waals surface area contributed by atoms with Gasteiger partial charge in [-0.1, -0.05) is 6.07 Å². The molecule has 2 nitrogen and oxygen atoms in total. The normalized spacial score (nSPS) is 21.5. The Morgan fingerprint density at radius 2 is 2.17 bits per heavy atom. The number of hydrogen-bond acceptors (Lipinski definition) is 2. The Kier molecular flexibility index (Phi) is 1.10. The molecule has 1 saturated heterocycles. The summed E-state index contributed by atoms with van der Waals surface area (Å²) in [4.78, 5) is 0. The molecular formula is C10H8O2. The van der Waals surface area contributed by atoms with Gasteiger partial charge in [0.1, 0.15) is 11.7 Å². The maximum Gasteiger partial charge on any atom is 0.133 e. The fourth-order valence-electron chi connectivity index (χ4n) is 1.43. The summed E-state index contributed by atoms with van der Waals surface area (Å²) >= 11 is 0. The van der Waals surface area contributed by atoms with E-state index in [0.717, 1.165) is 17.6 Å². The van der Waals surface area contributed by atoms with E-state index in [1.165, 1.54) is 5.56 Å². The molecule has 1 aliphatic rings. The van der Waals surface area contributed by atoms with Gasteiger partial charge in [-0.25, -0.2) is 0 Å². The van der Waals surface area contributed by atoms with Gasteiger partial charge in [-0.15, -0.1) is 0 Å². The largest absolute Gasteiger partial charge is 0.464 e. The minimum atomic E-state index is 0.337. The Labute approximate surface area is 69.7 Å². The predicted octanol–water partition coefficient (Wildman–Crippen LogP) is 2.50. The number of ether oxygens (including phenoxy) is 1. The third-order valence-corrected chi connectivity index (χ3v) is 2.18. The smallest absolute Gasteiger partial charge is 0.133 e. The number of furan rings is 1. The molecule has 1 fully saturated rings. The summed E-state index contributed by atoms with van der Waals surface area (Å²) in [7, 11) is 0. The monoisotopic (exact) mass is 160 g/mol. The zero-order valence-corrected chi connectivity index (χ0v) is 6.49. The van der Waals surface area contributed by atoms with Crippen molar-refractivity contribution in [3.05, 3.63) is 36.1 Å². The van der Waals surface area contributed by atoms with Crippen LogP contribution >= 0.6 is 0 Å². The molecule has 2 heteroatoms. The molecule has 0 amide bonds. The maximum absolute atomic E-state index is 5.23. The van der Waals surface area contributed by atoms with E-state index in [1.807, 2.05) is 12.1 Å². The molecule has 12 heavy (non-hydrogen) atoms. The molecule has 2 aromatic rings. The van der Waals surface area contributed by atoms with Gasteiger partial charge in [-0.05, 0) is 23.8 Å². The van der Waals surface area contributed by atoms with Crippen molar-refractivity contribution in [1.82, 2.24) is 0 Å². The van der Waals surface area contributed by atoms with Gasteiger partial charge in [0.25, 0.3) is 0 Å². The number of fused-ring (bicyclic) bond motifs is 1. The first-order chi connectivity index (χ1) is 5.93. The third-order valence-electron chi connectivity index (χ3n) is 2.18. The van der Waals surface area contributed by atoms with Crippen LogP contribution in [0.15, 0.2) is 34.9 Å². The molecule has 1 atom stereocenters. The molecule has 2 heterocycles. The molecule has 0 bridgehead atoms. The van der Waals surface area contributed by atoms with Crippen LogP contribution in [0.1, 0.15) is 11.7 Å². The van der Waals surface area contributed by atoms with Gasteiger partial charge < -0.3 is 9.15 Å². The van der Waals surface area contributed by atoms with Gasteiger partial charge in [0, 0.05) is 5.39 Å². The first-order valence-corrected chi connectivity index (χ1v) is 4.02. The highest BCUT2D eigenvalue weighted by atomic mass is 16.6. The average molecular weight is 160 g/mol. The van der Waals surface area contributed by atoms with Crippen LogP contribution in [0.5, 0.6) is 0 Å². The molecule has 0 N–H and O–H groups in total. The second-order valence-electron chi connectivity index (χ2n) is 3.04. The molecular weight excluding hydrogens is 152 g/mol. The van der Waals surface area contributed by atoms with E-state index in [-0.39, 0.29) is 0 Å². The molecule has 1 aromatic heterocycles. The second kappa shape index (κ2) is 2.11. The van der Waals surface area contributed by atoms with Crippen molar-refractivity contribution >= 4 is 11.0 Å². The van der Waals surface area contributed by atoms with Crippen molar-refractivity contribution in [2.75, 3.05) is 6.61 Å². The van der Waals surface area contributed by atoms with Crippen LogP contribution in [-0.4, -0.2) is 6.61 Å². The van der Waals surface area contributed by atoms with Crippen molar-refractivity contribution in [1.29, 1.82) is 0 Å². The second-order valence-corrected chi connectivity index (χ2v) is 3.04. The molecule has 60 valence electrons. The summed E-state index contributed by atoms with van der Waals surface area (Å²) < 4.78 is 10.4. The van der Waals surface area contributed by atoms with Crippen LogP contribution < -0.4 is 0 Å². The minimum absolute atomic E-state index is 0.337. The summed E-state index contributed by atoms with van der Waals surface area (Å²) in [6.07, 6.45) is 2.05. The SMILES string of the molecule is c1cc2cc([C@H]3CO3)ccc2o1.